The van der Waals surface area contributed by atoms with E-state index in [2.05, 4.69) is 5.32 Å². The van der Waals surface area contributed by atoms with Gasteiger partial charge in [-0.1, -0.05) is 49.4 Å². The van der Waals surface area contributed by atoms with E-state index >= 15 is 0 Å². The number of aryl methyl sites for hydroxylation is 1. The Morgan fingerprint density at radius 2 is 1.74 bits per heavy atom. The van der Waals surface area contributed by atoms with Crippen molar-refractivity contribution in [2.24, 2.45) is 0 Å². The minimum Gasteiger partial charge on any atom is -0.473 e. The highest BCUT2D eigenvalue weighted by atomic mass is 32.1. The van der Waals surface area contributed by atoms with Gasteiger partial charge in [0.25, 0.3) is 5.91 Å². The Kier molecular flexibility index (Phi) is 7.02. The lowest BCUT2D eigenvalue weighted by Gasteiger charge is -2.19. The van der Waals surface area contributed by atoms with E-state index in [-0.39, 0.29) is 23.4 Å². The van der Waals surface area contributed by atoms with E-state index in [1.807, 2.05) is 25.1 Å². The van der Waals surface area contributed by atoms with Crippen molar-refractivity contribution in [3.05, 3.63) is 80.8 Å². The van der Waals surface area contributed by atoms with Gasteiger partial charge in [0.1, 0.15) is 10.6 Å². The van der Waals surface area contributed by atoms with E-state index in [0.717, 1.165) is 10.4 Å². The molecular weight excluding hydrogens is 466 g/mol. The number of nitrogens with one attached hydrogen (secondary N) is 1. The number of hydrogen-bond acceptors (Lipinski definition) is 7. The zero-order valence-corrected chi connectivity index (χ0v) is 20.7. The number of thiophene rings is 1. The van der Waals surface area contributed by atoms with Crippen molar-refractivity contribution >= 4 is 39.2 Å². The van der Waals surface area contributed by atoms with Crippen molar-refractivity contribution in [1.82, 2.24) is 0 Å². The van der Waals surface area contributed by atoms with Gasteiger partial charge in [-0.15, -0.1) is 11.3 Å². The van der Waals surface area contributed by atoms with E-state index in [1.54, 1.807) is 50.2 Å². The van der Waals surface area contributed by atoms with Crippen molar-refractivity contribution in [2.75, 3.05) is 12.4 Å². The smallest absolute Gasteiger partial charge is 0.341 e. The van der Waals surface area contributed by atoms with Crippen LogP contribution in [0.25, 0.3) is 22.3 Å². The molecule has 1 amide bonds. The third-order valence-electron chi connectivity index (χ3n) is 5.73. The molecule has 1 atom stereocenters. The first-order valence-corrected chi connectivity index (χ1v) is 11.9. The Labute approximate surface area is 206 Å². The number of anilines is 1. The fourth-order valence-corrected chi connectivity index (χ4v) is 4.78. The van der Waals surface area contributed by atoms with Crippen LogP contribution < -0.4 is 15.5 Å². The summed E-state index contributed by atoms with van der Waals surface area (Å²) in [5, 5.41) is 3.53. The third-order valence-corrected chi connectivity index (χ3v) is 6.85. The normalized spacial score (nSPS) is 11.8. The molecule has 2 heterocycles. The predicted molar refractivity (Wildman–Crippen MR) is 136 cm³/mol. The summed E-state index contributed by atoms with van der Waals surface area (Å²) in [5.41, 5.74) is 1.77. The molecule has 4 rings (SSSR count). The SMILES string of the molecule is CCC(Oc1c(-c2ccccc2)oc2ccccc2c1=O)C(=O)Nc1sc(C)c(C)c1C(=O)OC. The third kappa shape index (κ3) is 4.70. The van der Waals surface area contributed by atoms with Crippen molar-refractivity contribution in [3.63, 3.8) is 0 Å². The summed E-state index contributed by atoms with van der Waals surface area (Å²) in [5.74, 6) is -0.801. The second kappa shape index (κ2) is 10.1. The molecule has 1 N–H and O–H groups in total. The number of carbonyl (C=O) groups is 2. The molecule has 0 saturated carbocycles. The molecule has 0 aliphatic carbocycles. The first-order chi connectivity index (χ1) is 16.8. The van der Waals surface area contributed by atoms with Gasteiger partial charge >= 0.3 is 5.97 Å². The van der Waals surface area contributed by atoms with Gasteiger partial charge in [-0.25, -0.2) is 4.79 Å². The van der Waals surface area contributed by atoms with Crippen LogP contribution in [0.2, 0.25) is 0 Å². The predicted octanol–water partition coefficient (Wildman–Crippen LogP) is 5.72. The van der Waals surface area contributed by atoms with E-state index < -0.39 is 18.0 Å². The minimum absolute atomic E-state index is 0.0383. The van der Waals surface area contributed by atoms with Crippen LogP contribution in [0.4, 0.5) is 5.00 Å². The number of rotatable bonds is 7. The molecule has 0 fully saturated rings. The van der Waals surface area contributed by atoms with Gasteiger partial charge in [-0.2, -0.15) is 0 Å². The molecule has 4 aromatic rings. The molecule has 0 spiro atoms. The molecule has 0 aliphatic rings. The van der Waals surface area contributed by atoms with Crippen molar-refractivity contribution in [3.8, 4) is 17.1 Å². The molecule has 0 aliphatic heterocycles. The fourth-order valence-electron chi connectivity index (χ4n) is 3.73. The van der Waals surface area contributed by atoms with Crippen LogP contribution >= 0.6 is 11.3 Å². The number of benzene rings is 2. The highest BCUT2D eigenvalue weighted by Gasteiger charge is 2.28. The number of amides is 1. The van der Waals surface area contributed by atoms with Gasteiger partial charge < -0.3 is 19.2 Å². The first kappa shape index (κ1) is 24.2. The molecular formula is C27H25NO6S. The lowest BCUT2D eigenvalue weighted by molar-refractivity contribution is -0.122. The molecule has 0 saturated heterocycles. The Bertz CT molecular complexity index is 1450. The minimum atomic E-state index is -1.00. The Balaban J connectivity index is 1.73. The van der Waals surface area contributed by atoms with E-state index in [1.165, 1.54) is 18.4 Å². The highest BCUT2D eigenvalue weighted by molar-refractivity contribution is 7.16. The molecule has 0 bridgehead atoms. The highest BCUT2D eigenvalue weighted by Crippen LogP contribution is 2.34. The zero-order chi connectivity index (χ0) is 25.1. The van der Waals surface area contributed by atoms with Crippen molar-refractivity contribution in [2.45, 2.75) is 33.3 Å². The molecule has 2 aromatic heterocycles. The van der Waals surface area contributed by atoms with Gasteiger partial charge in [0.15, 0.2) is 11.9 Å². The lowest BCUT2D eigenvalue weighted by Crippen LogP contribution is -2.34. The van der Waals surface area contributed by atoms with Crippen LogP contribution in [0.1, 0.15) is 34.1 Å². The number of methoxy groups -OCH3 is 1. The number of carbonyl (C=O) groups excluding carboxylic acids is 2. The Morgan fingerprint density at radius 1 is 1.06 bits per heavy atom. The van der Waals surface area contributed by atoms with Gasteiger partial charge in [0.2, 0.25) is 11.2 Å². The summed E-state index contributed by atoms with van der Waals surface area (Å²) in [7, 11) is 1.29. The molecule has 1 unspecified atom stereocenters. The monoisotopic (exact) mass is 491 g/mol. The average molecular weight is 492 g/mol. The summed E-state index contributed by atoms with van der Waals surface area (Å²) in [6, 6.07) is 16.0. The van der Waals surface area contributed by atoms with Crippen LogP contribution in [-0.4, -0.2) is 25.1 Å². The van der Waals surface area contributed by atoms with Gasteiger partial charge in [0.05, 0.1) is 18.1 Å². The Hall–Kier alpha value is -3.91. The van der Waals surface area contributed by atoms with Crippen LogP contribution in [0, 0.1) is 13.8 Å². The van der Waals surface area contributed by atoms with Gasteiger partial charge in [-0.3, -0.25) is 9.59 Å². The number of ether oxygens (including phenoxy) is 2. The summed E-state index contributed by atoms with van der Waals surface area (Å²) in [4.78, 5) is 39.8. The number of fused-ring (bicyclic) bond motifs is 1. The number of para-hydroxylation sites is 1. The second-order valence-corrected chi connectivity index (χ2v) is 9.16. The maximum absolute atomic E-state index is 13.4. The number of hydrogen-bond donors (Lipinski definition) is 1. The van der Waals surface area contributed by atoms with Crippen LogP contribution in [-0.2, 0) is 9.53 Å². The topological polar surface area (TPSA) is 94.8 Å². The molecule has 8 heteroatoms. The van der Waals surface area contributed by atoms with Crippen molar-refractivity contribution in [1.29, 1.82) is 0 Å². The summed E-state index contributed by atoms with van der Waals surface area (Å²) in [6.07, 6.45) is -0.724. The average Bonchev–Trinajstić information content (AvgIpc) is 3.15. The fraction of sp³-hybridized carbons (Fsp3) is 0.222. The molecule has 180 valence electrons. The molecule has 7 nitrogen and oxygen atoms in total. The lowest BCUT2D eigenvalue weighted by atomic mass is 10.1. The van der Waals surface area contributed by atoms with E-state index in [0.29, 0.717) is 27.1 Å². The van der Waals surface area contributed by atoms with Gasteiger partial charge in [-0.05, 0) is 38.0 Å². The molecule has 2 aromatic carbocycles. The zero-order valence-electron chi connectivity index (χ0n) is 19.8. The second-order valence-electron chi connectivity index (χ2n) is 7.93. The summed E-state index contributed by atoms with van der Waals surface area (Å²) >= 11 is 1.28. The van der Waals surface area contributed by atoms with Crippen LogP contribution in [0.3, 0.4) is 0 Å². The first-order valence-electron chi connectivity index (χ1n) is 11.1. The van der Waals surface area contributed by atoms with E-state index in [9.17, 15) is 14.4 Å². The Morgan fingerprint density at radius 3 is 2.43 bits per heavy atom. The summed E-state index contributed by atoms with van der Waals surface area (Å²) in [6.45, 7) is 5.44. The summed E-state index contributed by atoms with van der Waals surface area (Å²) < 4.78 is 17.0. The maximum Gasteiger partial charge on any atom is 0.341 e. The quantitative estimate of drug-likeness (QED) is 0.332. The molecule has 35 heavy (non-hydrogen) atoms. The van der Waals surface area contributed by atoms with Crippen LogP contribution in [0.5, 0.6) is 5.75 Å². The van der Waals surface area contributed by atoms with Gasteiger partial charge in [0, 0.05) is 10.4 Å². The largest absolute Gasteiger partial charge is 0.473 e. The maximum atomic E-state index is 13.4. The molecule has 0 radical (unpaired) electrons. The standard InChI is InChI=1S/C27H25NO6S/c1-5-19(25(30)28-26-21(27(31)32-4)15(2)16(3)35-26)33-24-22(29)18-13-9-10-14-20(18)34-23(24)17-11-7-6-8-12-17/h6-14,19H,5H2,1-4H3,(H,28,30). The number of esters is 1. The van der Waals surface area contributed by atoms with Crippen molar-refractivity contribution < 1.29 is 23.5 Å². The van der Waals surface area contributed by atoms with Crippen LogP contribution in [0.15, 0.2) is 63.8 Å². The van der Waals surface area contributed by atoms with E-state index in [4.69, 9.17) is 13.9 Å².